The van der Waals surface area contributed by atoms with Crippen molar-refractivity contribution < 1.29 is 4.74 Å². The quantitative estimate of drug-likeness (QED) is 0.897. The number of aryl methyl sites for hydroxylation is 1. The molecule has 102 valence electrons. The van der Waals surface area contributed by atoms with Gasteiger partial charge in [0.15, 0.2) is 0 Å². The monoisotopic (exact) mass is 259 g/mol. The van der Waals surface area contributed by atoms with Crippen LogP contribution in [0.4, 0.5) is 0 Å². The largest absolute Gasteiger partial charge is 0.494 e. The first-order valence-electron chi connectivity index (χ1n) is 6.69. The van der Waals surface area contributed by atoms with Crippen molar-refractivity contribution in [3.63, 3.8) is 0 Å². The van der Waals surface area contributed by atoms with Crippen molar-refractivity contribution in [1.82, 2.24) is 9.78 Å². The lowest BCUT2D eigenvalue weighted by molar-refractivity contribution is 0.411. The van der Waals surface area contributed by atoms with Gasteiger partial charge in [-0.3, -0.25) is 0 Å². The second-order valence-corrected chi connectivity index (χ2v) is 4.37. The highest BCUT2D eigenvalue weighted by Gasteiger charge is 2.17. The summed E-state index contributed by atoms with van der Waals surface area (Å²) in [5, 5.41) is 4.71. The van der Waals surface area contributed by atoms with E-state index in [2.05, 4.69) is 13.8 Å². The molecule has 1 heterocycles. The molecule has 2 aromatic rings. The lowest BCUT2D eigenvalue weighted by atomic mass is 10.1. The summed E-state index contributed by atoms with van der Waals surface area (Å²) in [6.45, 7) is 4.76. The van der Waals surface area contributed by atoms with E-state index < -0.39 is 0 Å². The summed E-state index contributed by atoms with van der Waals surface area (Å²) in [6.07, 6.45) is 1.79. The molecular weight excluding hydrogens is 238 g/mol. The van der Waals surface area contributed by atoms with E-state index in [9.17, 15) is 0 Å². The second kappa shape index (κ2) is 5.89. The number of nitrogens with zero attached hydrogens (tertiary/aromatic N) is 2. The van der Waals surface area contributed by atoms with Crippen molar-refractivity contribution in [3.8, 4) is 11.4 Å². The molecule has 0 aliphatic rings. The average molecular weight is 259 g/mol. The van der Waals surface area contributed by atoms with Crippen LogP contribution in [0.3, 0.4) is 0 Å². The number of rotatable bonds is 5. The predicted octanol–water partition coefficient (Wildman–Crippen LogP) is 2.46. The van der Waals surface area contributed by atoms with Crippen molar-refractivity contribution in [2.24, 2.45) is 5.73 Å². The number of methoxy groups -OCH3 is 1. The van der Waals surface area contributed by atoms with Crippen LogP contribution in [0.25, 0.3) is 5.69 Å². The lowest BCUT2D eigenvalue weighted by Gasteiger charge is -2.11. The Balaban J connectivity index is 2.64. The standard InChI is InChI=1S/C15H21N3O/c1-4-12-11(10-16)13(5-2)18(17-12)14-8-6-7-9-15(14)19-3/h6-9H,4-5,10,16H2,1-3H3. The highest BCUT2D eigenvalue weighted by atomic mass is 16.5. The Morgan fingerprint density at radius 3 is 2.53 bits per heavy atom. The number of hydrogen-bond donors (Lipinski definition) is 1. The maximum absolute atomic E-state index is 5.88. The third-order valence-corrected chi connectivity index (χ3v) is 3.36. The molecule has 0 spiro atoms. The molecule has 0 amide bonds. The minimum Gasteiger partial charge on any atom is -0.494 e. The molecule has 0 aliphatic carbocycles. The van der Waals surface area contributed by atoms with Crippen LogP contribution in [0.1, 0.15) is 30.8 Å². The minimum absolute atomic E-state index is 0.529. The summed E-state index contributed by atoms with van der Waals surface area (Å²) >= 11 is 0. The van der Waals surface area contributed by atoms with Crippen molar-refractivity contribution in [1.29, 1.82) is 0 Å². The van der Waals surface area contributed by atoms with Crippen LogP contribution in [0.5, 0.6) is 5.75 Å². The van der Waals surface area contributed by atoms with Gasteiger partial charge in [0, 0.05) is 17.8 Å². The lowest BCUT2D eigenvalue weighted by Crippen LogP contribution is -2.06. The fourth-order valence-corrected chi connectivity index (χ4v) is 2.42. The third-order valence-electron chi connectivity index (χ3n) is 3.36. The zero-order valence-corrected chi connectivity index (χ0v) is 11.8. The fourth-order valence-electron chi connectivity index (χ4n) is 2.42. The van der Waals surface area contributed by atoms with Gasteiger partial charge in [0.2, 0.25) is 0 Å². The molecule has 1 aromatic heterocycles. The number of aromatic nitrogens is 2. The third kappa shape index (κ3) is 2.36. The Labute approximate surface area is 114 Å². The molecule has 0 unspecified atom stereocenters. The Bertz CT molecular complexity index is 561. The van der Waals surface area contributed by atoms with Crippen LogP contribution < -0.4 is 10.5 Å². The Morgan fingerprint density at radius 1 is 1.21 bits per heavy atom. The molecular formula is C15H21N3O. The van der Waals surface area contributed by atoms with Gasteiger partial charge in [-0.15, -0.1) is 0 Å². The number of ether oxygens (including phenoxy) is 1. The maximum Gasteiger partial charge on any atom is 0.144 e. The summed E-state index contributed by atoms with van der Waals surface area (Å²) in [5.41, 5.74) is 10.3. The van der Waals surface area contributed by atoms with Gasteiger partial charge >= 0.3 is 0 Å². The normalized spacial score (nSPS) is 10.7. The minimum atomic E-state index is 0.529. The molecule has 2 rings (SSSR count). The van der Waals surface area contributed by atoms with E-state index in [-0.39, 0.29) is 0 Å². The predicted molar refractivity (Wildman–Crippen MR) is 76.8 cm³/mol. The van der Waals surface area contributed by atoms with Crippen molar-refractivity contribution in [2.75, 3.05) is 7.11 Å². The van der Waals surface area contributed by atoms with Crippen LogP contribution >= 0.6 is 0 Å². The molecule has 4 heteroatoms. The van der Waals surface area contributed by atoms with Gasteiger partial charge in [-0.05, 0) is 25.0 Å². The van der Waals surface area contributed by atoms with E-state index in [1.54, 1.807) is 7.11 Å². The Morgan fingerprint density at radius 2 is 1.95 bits per heavy atom. The van der Waals surface area contributed by atoms with Gasteiger partial charge in [0.05, 0.1) is 12.8 Å². The number of hydrogen-bond acceptors (Lipinski definition) is 3. The highest BCUT2D eigenvalue weighted by molar-refractivity contribution is 5.48. The first kappa shape index (κ1) is 13.6. The van der Waals surface area contributed by atoms with E-state index in [1.807, 2.05) is 28.9 Å². The van der Waals surface area contributed by atoms with E-state index in [1.165, 1.54) is 5.69 Å². The topological polar surface area (TPSA) is 53.1 Å². The van der Waals surface area contributed by atoms with Gasteiger partial charge in [0.25, 0.3) is 0 Å². The van der Waals surface area contributed by atoms with Crippen LogP contribution in [-0.2, 0) is 19.4 Å². The summed E-state index contributed by atoms with van der Waals surface area (Å²) in [5.74, 6) is 0.825. The van der Waals surface area contributed by atoms with Gasteiger partial charge < -0.3 is 10.5 Å². The number of nitrogens with two attached hydrogens (primary N) is 1. The number of para-hydroxylation sites is 2. The Kier molecular flexibility index (Phi) is 4.22. The molecule has 0 bridgehead atoms. The summed E-state index contributed by atoms with van der Waals surface area (Å²) in [6, 6.07) is 7.92. The van der Waals surface area contributed by atoms with Gasteiger partial charge in [-0.25, -0.2) is 4.68 Å². The van der Waals surface area contributed by atoms with Crippen molar-refractivity contribution in [3.05, 3.63) is 41.2 Å². The molecule has 0 atom stereocenters. The van der Waals surface area contributed by atoms with Crippen molar-refractivity contribution in [2.45, 2.75) is 33.2 Å². The molecule has 0 saturated carbocycles. The van der Waals surface area contributed by atoms with E-state index in [4.69, 9.17) is 15.6 Å². The first-order valence-corrected chi connectivity index (χ1v) is 6.69. The zero-order valence-electron chi connectivity index (χ0n) is 11.8. The maximum atomic E-state index is 5.88. The molecule has 0 saturated heterocycles. The molecule has 0 radical (unpaired) electrons. The molecule has 2 N–H and O–H groups in total. The van der Waals surface area contributed by atoms with E-state index >= 15 is 0 Å². The number of benzene rings is 1. The van der Waals surface area contributed by atoms with E-state index in [0.29, 0.717) is 6.54 Å². The van der Waals surface area contributed by atoms with Gasteiger partial charge in [-0.1, -0.05) is 26.0 Å². The SMILES string of the molecule is CCc1nn(-c2ccccc2OC)c(CC)c1CN. The van der Waals surface area contributed by atoms with Crippen LogP contribution in [-0.4, -0.2) is 16.9 Å². The van der Waals surface area contributed by atoms with Crippen molar-refractivity contribution >= 4 is 0 Å². The zero-order chi connectivity index (χ0) is 13.8. The molecule has 0 aliphatic heterocycles. The first-order chi connectivity index (χ1) is 9.26. The molecule has 4 nitrogen and oxygen atoms in total. The van der Waals surface area contributed by atoms with E-state index in [0.717, 1.165) is 35.5 Å². The molecule has 1 aromatic carbocycles. The summed E-state index contributed by atoms with van der Waals surface area (Å²) in [4.78, 5) is 0. The van der Waals surface area contributed by atoms with Gasteiger partial charge in [-0.2, -0.15) is 5.10 Å². The van der Waals surface area contributed by atoms with Crippen LogP contribution in [0.2, 0.25) is 0 Å². The smallest absolute Gasteiger partial charge is 0.144 e. The fraction of sp³-hybridized carbons (Fsp3) is 0.400. The van der Waals surface area contributed by atoms with Crippen LogP contribution in [0, 0.1) is 0 Å². The van der Waals surface area contributed by atoms with Crippen LogP contribution in [0.15, 0.2) is 24.3 Å². The second-order valence-electron chi connectivity index (χ2n) is 4.37. The van der Waals surface area contributed by atoms with Gasteiger partial charge in [0.1, 0.15) is 11.4 Å². The summed E-state index contributed by atoms with van der Waals surface area (Å²) in [7, 11) is 1.68. The summed E-state index contributed by atoms with van der Waals surface area (Å²) < 4.78 is 7.40. The highest BCUT2D eigenvalue weighted by Crippen LogP contribution is 2.26. The molecule has 19 heavy (non-hydrogen) atoms. The molecule has 0 fully saturated rings. The average Bonchev–Trinajstić information content (AvgIpc) is 2.84. The Hall–Kier alpha value is -1.81.